The molecule has 140 valence electrons. The highest BCUT2D eigenvalue weighted by atomic mass is 19.4. The molecule has 0 atom stereocenters. The fourth-order valence-corrected chi connectivity index (χ4v) is 2.29. The molecule has 1 aromatic carbocycles. The molecule has 0 spiro atoms. The largest absolute Gasteiger partial charge is 0.416 e. The minimum absolute atomic E-state index is 0.144. The van der Waals surface area contributed by atoms with Crippen molar-refractivity contribution in [1.29, 1.82) is 0 Å². The number of alkyl halides is 6. The van der Waals surface area contributed by atoms with Gasteiger partial charge < -0.3 is 11.5 Å². The Morgan fingerprint density at radius 2 is 1.73 bits per heavy atom. The summed E-state index contributed by atoms with van der Waals surface area (Å²) in [4.78, 5) is 27.0. The molecule has 0 unspecified atom stereocenters. The zero-order valence-electron chi connectivity index (χ0n) is 12.6. The summed E-state index contributed by atoms with van der Waals surface area (Å²) >= 11 is 0. The highest BCUT2D eigenvalue weighted by molar-refractivity contribution is 6.13. The minimum atomic E-state index is -4.86. The SMILES string of the molecule is NC(N)=NC(=O)/C=C1/c2cc(C(F)(F)F)ccc2C(=O)N1CC(F)(F)F. The highest BCUT2D eigenvalue weighted by Crippen LogP contribution is 2.39. The number of aliphatic imine (C=N–C) groups is 1. The molecule has 2 amide bonds. The third-order valence-electron chi connectivity index (χ3n) is 3.23. The van der Waals surface area contributed by atoms with E-state index in [1.54, 1.807) is 0 Å². The summed E-state index contributed by atoms with van der Waals surface area (Å²) in [5.74, 6) is -3.14. The zero-order valence-corrected chi connectivity index (χ0v) is 12.6. The van der Waals surface area contributed by atoms with Crippen molar-refractivity contribution >= 4 is 23.5 Å². The Kier molecular flexibility index (Phi) is 4.71. The first-order valence-electron chi connectivity index (χ1n) is 6.75. The number of fused-ring (bicyclic) bond motifs is 1. The van der Waals surface area contributed by atoms with Crippen molar-refractivity contribution in [2.75, 3.05) is 6.54 Å². The Morgan fingerprint density at radius 1 is 1.12 bits per heavy atom. The van der Waals surface area contributed by atoms with Crippen LogP contribution in [0.2, 0.25) is 0 Å². The molecule has 1 aliphatic heterocycles. The summed E-state index contributed by atoms with van der Waals surface area (Å²) < 4.78 is 76.8. The van der Waals surface area contributed by atoms with Crippen molar-refractivity contribution < 1.29 is 35.9 Å². The maximum absolute atomic E-state index is 12.9. The molecule has 0 radical (unpaired) electrons. The van der Waals surface area contributed by atoms with E-state index in [0.717, 1.165) is 6.07 Å². The van der Waals surface area contributed by atoms with Crippen LogP contribution in [-0.2, 0) is 11.0 Å². The van der Waals surface area contributed by atoms with Gasteiger partial charge in [0.05, 0.1) is 11.3 Å². The number of halogens is 6. The summed E-state index contributed by atoms with van der Waals surface area (Å²) in [6, 6.07) is 1.79. The van der Waals surface area contributed by atoms with Gasteiger partial charge in [-0.05, 0) is 18.2 Å². The quantitative estimate of drug-likeness (QED) is 0.354. The topological polar surface area (TPSA) is 102 Å². The zero-order chi connectivity index (χ0) is 19.9. The first kappa shape index (κ1) is 19.3. The van der Waals surface area contributed by atoms with Crippen LogP contribution in [0.1, 0.15) is 21.5 Å². The molecule has 0 aromatic heterocycles. The number of amides is 2. The summed E-state index contributed by atoms with van der Waals surface area (Å²) in [5, 5.41) is 0. The lowest BCUT2D eigenvalue weighted by molar-refractivity contribution is -0.137. The fourth-order valence-electron chi connectivity index (χ4n) is 2.29. The van der Waals surface area contributed by atoms with Crippen LogP contribution < -0.4 is 11.5 Å². The maximum Gasteiger partial charge on any atom is 0.416 e. The van der Waals surface area contributed by atoms with Crippen molar-refractivity contribution in [1.82, 2.24) is 4.90 Å². The van der Waals surface area contributed by atoms with E-state index in [1.165, 1.54) is 0 Å². The molecule has 1 heterocycles. The maximum atomic E-state index is 12.9. The number of carbonyl (C=O) groups is 2. The van der Waals surface area contributed by atoms with E-state index in [-0.39, 0.29) is 4.90 Å². The Morgan fingerprint density at radius 3 is 2.23 bits per heavy atom. The van der Waals surface area contributed by atoms with Crippen LogP contribution in [0.3, 0.4) is 0 Å². The first-order valence-corrected chi connectivity index (χ1v) is 6.75. The molecule has 0 bridgehead atoms. The van der Waals surface area contributed by atoms with Gasteiger partial charge in [0.25, 0.3) is 11.8 Å². The number of hydrogen-bond donors (Lipinski definition) is 2. The van der Waals surface area contributed by atoms with Gasteiger partial charge in [-0.2, -0.15) is 31.3 Å². The Bertz CT molecular complexity index is 822. The second kappa shape index (κ2) is 6.35. The van der Waals surface area contributed by atoms with E-state index >= 15 is 0 Å². The molecule has 1 aliphatic rings. The third-order valence-corrected chi connectivity index (χ3v) is 3.23. The van der Waals surface area contributed by atoms with Crippen molar-refractivity contribution in [2.45, 2.75) is 12.4 Å². The number of benzene rings is 1. The molecule has 6 nitrogen and oxygen atoms in total. The molecular formula is C14H10F6N4O2. The highest BCUT2D eigenvalue weighted by Gasteiger charge is 2.42. The van der Waals surface area contributed by atoms with Gasteiger partial charge in [0.2, 0.25) is 0 Å². The smallest absolute Gasteiger partial charge is 0.370 e. The number of carbonyl (C=O) groups excluding carboxylic acids is 2. The van der Waals surface area contributed by atoms with Crippen LogP contribution >= 0.6 is 0 Å². The van der Waals surface area contributed by atoms with Crippen LogP contribution in [0.5, 0.6) is 0 Å². The van der Waals surface area contributed by atoms with Gasteiger partial charge in [-0.1, -0.05) is 0 Å². The summed E-state index contributed by atoms with van der Waals surface area (Å²) in [7, 11) is 0. The monoisotopic (exact) mass is 380 g/mol. The van der Waals surface area contributed by atoms with Gasteiger partial charge in [0.1, 0.15) is 6.54 Å². The molecule has 0 saturated carbocycles. The van der Waals surface area contributed by atoms with E-state index in [2.05, 4.69) is 4.99 Å². The number of hydrogen-bond acceptors (Lipinski definition) is 2. The average Bonchev–Trinajstić information content (AvgIpc) is 2.69. The average molecular weight is 380 g/mol. The van der Waals surface area contributed by atoms with Crippen LogP contribution in [-0.4, -0.2) is 35.4 Å². The standard InChI is InChI=1S/C14H10F6N4O2/c15-13(16,17)5-24-9(4-10(25)23-12(21)22)8-3-6(14(18,19)20)1-2-7(8)11(24)26/h1-4H,5H2,(H4,21,22,23,25)/b9-4-. The van der Waals surface area contributed by atoms with Gasteiger partial charge in [-0.25, -0.2) is 0 Å². The Labute approximate surface area is 141 Å². The Hall–Kier alpha value is -3.05. The van der Waals surface area contributed by atoms with Crippen LogP contribution in [0.15, 0.2) is 29.3 Å². The van der Waals surface area contributed by atoms with Crippen LogP contribution in [0.4, 0.5) is 26.3 Å². The van der Waals surface area contributed by atoms with Gasteiger partial charge in [-0.15, -0.1) is 0 Å². The normalized spacial score (nSPS) is 16.0. The van der Waals surface area contributed by atoms with E-state index < -0.39 is 59.1 Å². The number of nitrogens with zero attached hydrogens (tertiary/aromatic N) is 2. The van der Waals surface area contributed by atoms with Gasteiger partial charge in [-0.3, -0.25) is 14.5 Å². The second-order valence-corrected chi connectivity index (χ2v) is 5.17. The molecule has 4 N–H and O–H groups in total. The predicted octanol–water partition coefficient (Wildman–Crippen LogP) is 1.86. The lowest BCUT2D eigenvalue weighted by Gasteiger charge is -2.19. The van der Waals surface area contributed by atoms with E-state index in [4.69, 9.17) is 11.5 Å². The molecule has 0 aliphatic carbocycles. The van der Waals surface area contributed by atoms with Crippen LogP contribution in [0, 0.1) is 0 Å². The van der Waals surface area contributed by atoms with Crippen LogP contribution in [0.25, 0.3) is 5.70 Å². The lowest BCUT2D eigenvalue weighted by Crippen LogP contribution is -2.34. The van der Waals surface area contributed by atoms with Gasteiger partial charge in [0, 0.05) is 17.2 Å². The molecule has 26 heavy (non-hydrogen) atoms. The molecule has 0 fully saturated rings. The molecule has 0 saturated heterocycles. The lowest BCUT2D eigenvalue weighted by atomic mass is 10.0. The first-order chi connectivity index (χ1) is 11.8. The third kappa shape index (κ3) is 4.13. The summed E-state index contributed by atoms with van der Waals surface area (Å²) in [5.41, 5.74) is 7.19. The van der Waals surface area contributed by atoms with Gasteiger partial charge >= 0.3 is 12.4 Å². The number of nitrogens with two attached hydrogens (primary N) is 2. The molecule has 2 rings (SSSR count). The Balaban J connectivity index is 2.62. The van der Waals surface area contributed by atoms with Crippen molar-refractivity contribution in [3.05, 3.63) is 41.0 Å². The molecule has 12 heteroatoms. The summed E-state index contributed by atoms with van der Waals surface area (Å²) in [6.45, 7) is -1.80. The van der Waals surface area contributed by atoms with Crippen molar-refractivity contribution in [3.63, 3.8) is 0 Å². The summed E-state index contributed by atoms with van der Waals surface area (Å²) in [6.07, 6.45) is -9.19. The minimum Gasteiger partial charge on any atom is -0.370 e. The van der Waals surface area contributed by atoms with Crippen molar-refractivity contribution in [2.24, 2.45) is 16.5 Å². The predicted molar refractivity (Wildman–Crippen MR) is 77.3 cm³/mol. The van der Waals surface area contributed by atoms with Gasteiger partial charge in [0.15, 0.2) is 5.96 Å². The fraction of sp³-hybridized carbons (Fsp3) is 0.214. The van der Waals surface area contributed by atoms with E-state index in [1.807, 2.05) is 0 Å². The molecular weight excluding hydrogens is 370 g/mol. The number of rotatable bonds is 2. The number of guanidine groups is 1. The second-order valence-electron chi connectivity index (χ2n) is 5.17. The van der Waals surface area contributed by atoms with E-state index in [9.17, 15) is 35.9 Å². The van der Waals surface area contributed by atoms with Crippen molar-refractivity contribution in [3.8, 4) is 0 Å². The van der Waals surface area contributed by atoms with E-state index in [0.29, 0.717) is 18.2 Å². The molecule has 1 aromatic rings.